The number of carbonyl (C=O) groups excluding carboxylic acids is 2. The van der Waals surface area contributed by atoms with E-state index in [1.807, 2.05) is 0 Å². The first-order valence-corrected chi connectivity index (χ1v) is 11.1. The Morgan fingerprint density at radius 3 is 2.23 bits per heavy atom. The minimum atomic E-state index is -0.167. The molecule has 0 saturated heterocycles. The molecule has 6 rings (SSSR count). The molecule has 0 atom stereocenters. The molecule has 5 heteroatoms. The molecule has 1 aromatic rings. The van der Waals surface area contributed by atoms with Gasteiger partial charge >= 0.3 is 0 Å². The maximum absolute atomic E-state index is 13.4. The van der Waals surface area contributed by atoms with Gasteiger partial charge in [-0.15, -0.1) is 11.3 Å². The molecule has 5 aliphatic carbocycles. The minimum absolute atomic E-state index is 0.0507. The second-order valence-electron chi connectivity index (χ2n) is 9.15. The highest BCUT2D eigenvalue weighted by Gasteiger charge is 2.54. The monoisotopic (exact) mass is 372 g/mol. The molecule has 0 aromatic carbocycles. The predicted molar refractivity (Wildman–Crippen MR) is 104 cm³/mol. The first-order chi connectivity index (χ1) is 12.6. The molecule has 4 fully saturated rings. The number of fused-ring (bicyclic) bond motifs is 1. The molecule has 1 heterocycles. The Morgan fingerprint density at radius 2 is 1.62 bits per heavy atom. The minimum Gasteiger partial charge on any atom is -0.355 e. The summed E-state index contributed by atoms with van der Waals surface area (Å²) in [6.07, 6.45) is 11.5. The standard InChI is InChI=1S/C21H28N2O2S/c1-22-18(24)17-15-4-2-3-5-16(15)26-19(17)23-20(25)21-9-12-6-13(10-21)8-14(7-12)11-21/h12-14H,2-11H2,1H3,(H,22,24)(H,23,25). The summed E-state index contributed by atoms with van der Waals surface area (Å²) in [7, 11) is 1.68. The van der Waals surface area contributed by atoms with Gasteiger partial charge in [0, 0.05) is 11.9 Å². The van der Waals surface area contributed by atoms with Crippen molar-refractivity contribution in [3.05, 3.63) is 16.0 Å². The summed E-state index contributed by atoms with van der Waals surface area (Å²) in [4.78, 5) is 27.2. The summed E-state index contributed by atoms with van der Waals surface area (Å²) in [5.41, 5.74) is 1.76. The first kappa shape index (κ1) is 16.8. The van der Waals surface area contributed by atoms with Gasteiger partial charge in [0.1, 0.15) is 5.00 Å². The summed E-state index contributed by atoms with van der Waals surface area (Å²) < 4.78 is 0. The van der Waals surface area contributed by atoms with Crippen molar-refractivity contribution in [3.63, 3.8) is 0 Å². The molecule has 0 aliphatic heterocycles. The number of anilines is 1. The third-order valence-electron chi connectivity index (χ3n) is 7.37. The normalized spacial score (nSPS) is 34.4. The summed E-state index contributed by atoms with van der Waals surface area (Å²) in [6.45, 7) is 0. The zero-order valence-corrected chi connectivity index (χ0v) is 16.3. The van der Waals surface area contributed by atoms with Gasteiger partial charge in [-0.2, -0.15) is 0 Å². The Hall–Kier alpha value is -1.36. The highest BCUT2D eigenvalue weighted by Crippen LogP contribution is 2.60. The van der Waals surface area contributed by atoms with E-state index in [1.54, 1.807) is 18.4 Å². The fourth-order valence-electron chi connectivity index (χ4n) is 6.64. The average Bonchev–Trinajstić information content (AvgIpc) is 2.97. The van der Waals surface area contributed by atoms with Gasteiger partial charge in [0.05, 0.1) is 11.0 Å². The molecule has 2 amide bonds. The molecule has 26 heavy (non-hydrogen) atoms. The van der Waals surface area contributed by atoms with Crippen LogP contribution in [-0.4, -0.2) is 18.9 Å². The first-order valence-electron chi connectivity index (χ1n) is 10.3. The maximum atomic E-state index is 13.4. The summed E-state index contributed by atoms with van der Waals surface area (Å²) in [5.74, 6) is 2.40. The van der Waals surface area contributed by atoms with Crippen LogP contribution in [-0.2, 0) is 17.6 Å². The van der Waals surface area contributed by atoms with Crippen molar-refractivity contribution < 1.29 is 9.59 Å². The summed E-state index contributed by atoms with van der Waals surface area (Å²) in [6, 6.07) is 0. The van der Waals surface area contributed by atoms with Crippen molar-refractivity contribution in [2.24, 2.45) is 23.2 Å². The lowest BCUT2D eigenvalue weighted by atomic mass is 9.49. The van der Waals surface area contributed by atoms with E-state index in [2.05, 4.69) is 10.6 Å². The number of thiophene rings is 1. The van der Waals surface area contributed by atoms with E-state index in [-0.39, 0.29) is 17.2 Å². The largest absolute Gasteiger partial charge is 0.355 e. The van der Waals surface area contributed by atoms with Crippen LogP contribution in [0.5, 0.6) is 0 Å². The number of aryl methyl sites for hydroxylation is 1. The van der Waals surface area contributed by atoms with E-state index >= 15 is 0 Å². The number of carbonyl (C=O) groups is 2. The van der Waals surface area contributed by atoms with Crippen LogP contribution >= 0.6 is 11.3 Å². The van der Waals surface area contributed by atoms with Crippen molar-refractivity contribution in [2.45, 2.75) is 64.2 Å². The van der Waals surface area contributed by atoms with E-state index < -0.39 is 0 Å². The number of hydrogen-bond donors (Lipinski definition) is 2. The van der Waals surface area contributed by atoms with Gasteiger partial charge in [-0.25, -0.2) is 0 Å². The van der Waals surface area contributed by atoms with Gasteiger partial charge in [-0.1, -0.05) is 0 Å². The SMILES string of the molecule is CNC(=O)c1c(NC(=O)C23CC4CC(CC(C4)C2)C3)sc2c1CCCC2. The lowest BCUT2D eigenvalue weighted by Gasteiger charge is -2.55. The smallest absolute Gasteiger partial charge is 0.254 e. The third kappa shape index (κ3) is 2.54. The van der Waals surface area contributed by atoms with Crippen LogP contribution in [0.4, 0.5) is 5.00 Å². The van der Waals surface area contributed by atoms with Gasteiger partial charge in [-0.05, 0) is 87.5 Å². The lowest BCUT2D eigenvalue weighted by Crippen LogP contribution is -2.51. The zero-order chi connectivity index (χ0) is 17.9. The molecule has 4 nitrogen and oxygen atoms in total. The molecule has 0 spiro atoms. The van der Waals surface area contributed by atoms with Gasteiger partial charge < -0.3 is 10.6 Å². The van der Waals surface area contributed by atoms with Crippen molar-refractivity contribution in [1.29, 1.82) is 0 Å². The van der Waals surface area contributed by atoms with Crippen molar-refractivity contribution in [3.8, 4) is 0 Å². The second kappa shape index (κ2) is 6.08. The van der Waals surface area contributed by atoms with E-state index in [1.165, 1.54) is 36.1 Å². The van der Waals surface area contributed by atoms with Gasteiger partial charge in [0.25, 0.3) is 5.91 Å². The molecular weight excluding hydrogens is 344 g/mol. The van der Waals surface area contributed by atoms with Crippen LogP contribution in [0.2, 0.25) is 0 Å². The highest BCUT2D eigenvalue weighted by atomic mass is 32.1. The van der Waals surface area contributed by atoms with E-state index in [0.29, 0.717) is 0 Å². The Labute approximate surface area is 159 Å². The van der Waals surface area contributed by atoms with Crippen molar-refractivity contribution >= 4 is 28.2 Å². The molecular formula is C21H28N2O2S. The summed E-state index contributed by atoms with van der Waals surface area (Å²) in [5, 5.41) is 6.84. The summed E-state index contributed by atoms with van der Waals surface area (Å²) >= 11 is 1.65. The Morgan fingerprint density at radius 1 is 1.00 bits per heavy atom. The van der Waals surface area contributed by atoms with Crippen molar-refractivity contribution in [1.82, 2.24) is 5.32 Å². The van der Waals surface area contributed by atoms with Crippen LogP contribution < -0.4 is 10.6 Å². The Bertz CT molecular complexity index is 731. The number of nitrogens with one attached hydrogen (secondary N) is 2. The van der Waals surface area contributed by atoms with Crippen molar-refractivity contribution in [2.75, 3.05) is 12.4 Å². The highest BCUT2D eigenvalue weighted by molar-refractivity contribution is 7.17. The predicted octanol–water partition coefficient (Wildman–Crippen LogP) is 4.14. The third-order valence-corrected chi connectivity index (χ3v) is 8.58. The van der Waals surface area contributed by atoms with Gasteiger partial charge in [-0.3, -0.25) is 9.59 Å². The second-order valence-corrected chi connectivity index (χ2v) is 10.3. The molecule has 0 radical (unpaired) electrons. The van der Waals surface area contributed by atoms with Gasteiger partial charge in [0.2, 0.25) is 5.91 Å². The molecule has 5 aliphatic rings. The number of hydrogen-bond acceptors (Lipinski definition) is 3. The molecule has 1 aromatic heterocycles. The van der Waals surface area contributed by atoms with Crippen LogP contribution in [0, 0.1) is 23.2 Å². The lowest BCUT2D eigenvalue weighted by molar-refractivity contribution is -0.140. The molecule has 2 N–H and O–H groups in total. The fourth-order valence-corrected chi connectivity index (χ4v) is 7.93. The zero-order valence-electron chi connectivity index (χ0n) is 15.5. The van der Waals surface area contributed by atoms with Crippen LogP contribution in [0.1, 0.15) is 72.2 Å². The maximum Gasteiger partial charge on any atom is 0.254 e. The van der Waals surface area contributed by atoms with Crippen LogP contribution in [0.25, 0.3) is 0 Å². The fraction of sp³-hybridized carbons (Fsp3) is 0.714. The van der Waals surface area contributed by atoms with Crippen LogP contribution in [0.3, 0.4) is 0 Å². The molecule has 0 unspecified atom stereocenters. The van der Waals surface area contributed by atoms with E-state index in [9.17, 15) is 9.59 Å². The molecule has 140 valence electrons. The van der Waals surface area contributed by atoms with Gasteiger partial charge in [0.15, 0.2) is 0 Å². The molecule has 4 bridgehead atoms. The topological polar surface area (TPSA) is 58.2 Å². The van der Waals surface area contributed by atoms with E-state index in [0.717, 1.165) is 66.8 Å². The Balaban J connectivity index is 1.45. The number of amides is 2. The van der Waals surface area contributed by atoms with E-state index in [4.69, 9.17) is 0 Å². The Kier molecular flexibility index (Phi) is 3.93. The average molecular weight is 373 g/mol. The quantitative estimate of drug-likeness (QED) is 0.838. The number of rotatable bonds is 3. The molecule has 4 saturated carbocycles. The van der Waals surface area contributed by atoms with Crippen LogP contribution in [0.15, 0.2) is 0 Å².